The normalized spacial score (nSPS) is 42.6. The molecule has 0 aromatic heterocycles. The van der Waals surface area contributed by atoms with Crippen LogP contribution in [-0.2, 0) is 0 Å². The van der Waals surface area contributed by atoms with Gasteiger partial charge in [0, 0.05) is 18.1 Å². The molecule has 2 nitrogen and oxygen atoms in total. The average Bonchev–Trinajstić information content (AvgIpc) is 2.24. The van der Waals surface area contributed by atoms with E-state index in [1.807, 2.05) is 0 Å². The van der Waals surface area contributed by atoms with Crippen molar-refractivity contribution in [2.24, 2.45) is 11.7 Å². The lowest BCUT2D eigenvalue weighted by molar-refractivity contribution is -0.0567. The third kappa shape index (κ3) is 1.94. The molecule has 2 aliphatic rings. The molecular weight excluding hydrogens is 184 g/mol. The van der Waals surface area contributed by atoms with Crippen LogP contribution in [0.25, 0.3) is 0 Å². The van der Waals surface area contributed by atoms with Crippen molar-refractivity contribution in [1.82, 2.24) is 4.90 Å². The first kappa shape index (κ1) is 11.4. The summed E-state index contributed by atoms with van der Waals surface area (Å²) >= 11 is 0. The second kappa shape index (κ2) is 4.42. The second-order valence-corrected chi connectivity index (χ2v) is 5.69. The van der Waals surface area contributed by atoms with Crippen LogP contribution in [0.5, 0.6) is 0 Å². The molecule has 1 saturated heterocycles. The summed E-state index contributed by atoms with van der Waals surface area (Å²) in [7, 11) is 0. The van der Waals surface area contributed by atoms with Crippen molar-refractivity contribution in [3.8, 4) is 0 Å². The Kier molecular flexibility index (Phi) is 3.36. The fourth-order valence-corrected chi connectivity index (χ4v) is 3.81. The van der Waals surface area contributed by atoms with Gasteiger partial charge in [0.1, 0.15) is 0 Å². The van der Waals surface area contributed by atoms with Crippen LogP contribution in [0.15, 0.2) is 0 Å². The zero-order chi connectivity index (χ0) is 10.9. The first-order valence-electron chi connectivity index (χ1n) is 6.68. The fraction of sp³-hybridized carbons (Fsp3) is 1.00. The lowest BCUT2D eigenvalue weighted by atomic mass is 9.66. The first-order chi connectivity index (χ1) is 7.22. The molecule has 0 aromatic carbocycles. The van der Waals surface area contributed by atoms with Crippen LogP contribution in [0.1, 0.15) is 52.4 Å². The Morgan fingerprint density at radius 1 is 1.33 bits per heavy atom. The number of piperidine rings is 1. The van der Waals surface area contributed by atoms with Gasteiger partial charge in [0.25, 0.3) is 0 Å². The predicted molar refractivity (Wildman–Crippen MR) is 64.8 cm³/mol. The van der Waals surface area contributed by atoms with Gasteiger partial charge in [-0.1, -0.05) is 20.3 Å². The van der Waals surface area contributed by atoms with E-state index in [0.29, 0.717) is 5.54 Å². The van der Waals surface area contributed by atoms with Gasteiger partial charge in [0.2, 0.25) is 0 Å². The molecule has 2 N–H and O–H groups in total. The molecule has 0 radical (unpaired) electrons. The van der Waals surface area contributed by atoms with Crippen molar-refractivity contribution in [3.63, 3.8) is 0 Å². The van der Waals surface area contributed by atoms with E-state index < -0.39 is 0 Å². The molecule has 1 unspecified atom stereocenters. The Morgan fingerprint density at radius 2 is 2.07 bits per heavy atom. The highest BCUT2D eigenvalue weighted by Crippen LogP contribution is 2.44. The van der Waals surface area contributed by atoms with E-state index in [-0.39, 0.29) is 0 Å². The van der Waals surface area contributed by atoms with Gasteiger partial charge >= 0.3 is 0 Å². The van der Waals surface area contributed by atoms with Crippen LogP contribution in [0.2, 0.25) is 0 Å². The third-order valence-corrected chi connectivity index (χ3v) is 4.54. The highest BCUT2D eigenvalue weighted by molar-refractivity contribution is 5.04. The maximum Gasteiger partial charge on any atom is 0.0339 e. The summed E-state index contributed by atoms with van der Waals surface area (Å²) in [6, 6.07) is 0.815. The first-order valence-corrected chi connectivity index (χ1v) is 6.68. The number of nitrogens with zero attached hydrogens (tertiary/aromatic N) is 1. The third-order valence-electron chi connectivity index (χ3n) is 4.54. The quantitative estimate of drug-likeness (QED) is 0.775. The van der Waals surface area contributed by atoms with Crippen molar-refractivity contribution >= 4 is 0 Å². The lowest BCUT2D eigenvalue weighted by Gasteiger charge is -2.57. The van der Waals surface area contributed by atoms with E-state index in [2.05, 4.69) is 18.7 Å². The molecule has 1 atom stereocenters. The minimum atomic E-state index is 0.389. The number of hydrogen-bond donors (Lipinski definition) is 1. The number of rotatable bonds is 3. The molecule has 1 aliphatic heterocycles. The van der Waals surface area contributed by atoms with Gasteiger partial charge in [-0.25, -0.2) is 0 Å². The molecule has 0 aromatic rings. The summed E-state index contributed by atoms with van der Waals surface area (Å²) < 4.78 is 0. The summed E-state index contributed by atoms with van der Waals surface area (Å²) in [5, 5.41) is 0. The van der Waals surface area contributed by atoms with Gasteiger partial charge in [-0.3, -0.25) is 4.90 Å². The molecule has 0 amide bonds. The topological polar surface area (TPSA) is 29.3 Å². The average molecular weight is 210 g/mol. The lowest BCUT2D eigenvalue weighted by Crippen LogP contribution is -2.65. The zero-order valence-corrected chi connectivity index (χ0v) is 10.3. The largest absolute Gasteiger partial charge is 0.329 e. The van der Waals surface area contributed by atoms with Crippen molar-refractivity contribution in [1.29, 1.82) is 0 Å². The van der Waals surface area contributed by atoms with Gasteiger partial charge in [0.15, 0.2) is 0 Å². The maximum atomic E-state index is 6.04. The summed E-state index contributed by atoms with van der Waals surface area (Å²) in [6.07, 6.45) is 8.17. The second-order valence-electron chi connectivity index (χ2n) is 5.69. The molecule has 1 aliphatic carbocycles. The van der Waals surface area contributed by atoms with Crippen LogP contribution in [-0.4, -0.2) is 29.6 Å². The Morgan fingerprint density at radius 3 is 2.60 bits per heavy atom. The predicted octanol–water partition coefficient (Wildman–Crippen LogP) is 2.38. The van der Waals surface area contributed by atoms with E-state index in [0.717, 1.165) is 18.5 Å². The molecule has 1 heterocycles. The Bertz CT molecular complexity index is 209. The Balaban J connectivity index is 2.05. The standard InChI is InChI=1S/C13H26N2/c1-3-12-6-4-5-7-15(12)13(10-14)8-11(2)9-13/h11-12H,3-10,14H2,1-2H3. The molecule has 2 fully saturated rings. The van der Waals surface area contributed by atoms with Crippen LogP contribution in [0.4, 0.5) is 0 Å². The number of hydrogen-bond acceptors (Lipinski definition) is 2. The van der Waals surface area contributed by atoms with Crippen molar-refractivity contribution in [2.45, 2.75) is 64.0 Å². The molecule has 2 heteroatoms. The van der Waals surface area contributed by atoms with Gasteiger partial charge in [0.05, 0.1) is 0 Å². The van der Waals surface area contributed by atoms with E-state index in [1.54, 1.807) is 0 Å². The van der Waals surface area contributed by atoms with Gasteiger partial charge in [-0.15, -0.1) is 0 Å². The minimum absolute atomic E-state index is 0.389. The highest BCUT2D eigenvalue weighted by atomic mass is 15.3. The van der Waals surface area contributed by atoms with Crippen LogP contribution in [0, 0.1) is 5.92 Å². The zero-order valence-electron chi connectivity index (χ0n) is 10.3. The molecule has 0 spiro atoms. The molecule has 15 heavy (non-hydrogen) atoms. The smallest absolute Gasteiger partial charge is 0.0339 e. The summed E-state index contributed by atoms with van der Waals surface area (Å²) in [6.45, 7) is 6.85. The Hall–Kier alpha value is -0.0800. The maximum absolute atomic E-state index is 6.04. The summed E-state index contributed by atoms with van der Waals surface area (Å²) in [4.78, 5) is 2.76. The van der Waals surface area contributed by atoms with Crippen LogP contribution in [0.3, 0.4) is 0 Å². The molecule has 88 valence electrons. The number of likely N-dealkylation sites (tertiary alicyclic amines) is 1. The number of nitrogens with two attached hydrogens (primary N) is 1. The van der Waals surface area contributed by atoms with Gasteiger partial charge < -0.3 is 5.73 Å². The summed E-state index contributed by atoms with van der Waals surface area (Å²) in [5.74, 6) is 0.896. The Labute approximate surface area is 94.2 Å². The highest BCUT2D eigenvalue weighted by Gasteiger charge is 2.47. The van der Waals surface area contributed by atoms with Crippen molar-refractivity contribution in [2.75, 3.05) is 13.1 Å². The van der Waals surface area contributed by atoms with Crippen LogP contribution < -0.4 is 5.73 Å². The van der Waals surface area contributed by atoms with E-state index in [1.165, 1.54) is 45.1 Å². The van der Waals surface area contributed by atoms with Crippen molar-refractivity contribution < 1.29 is 0 Å². The minimum Gasteiger partial charge on any atom is -0.329 e. The van der Waals surface area contributed by atoms with E-state index >= 15 is 0 Å². The summed E-state index contributed by atoms with van der Waals surface area (Å²) in [5.41, 5.74) is 6.43. The van der Waals surface area contributed by atoms with E-state index in [4.69, 9.17) is 5.73 Å². The molecule has 0 bridgehead atoms. The monoisotopic (exact) mass is 210 g/mol. The molecule has 1 saturated carbocycles. The van der Waals surface area contributed by atoms with Crippen LogP contribution >= 0.6 is 0 Å². The SMILES string of the molecule is CCC1CCCCN1C1(CN)CC(C)C1. The van der Waals surface area contributed by atoms with Gasteiger partial charge in [-0.2, -0.15) is 0 Å². The fourth-order valence-electron chi connectivity index (χ4n) is 3.81. The van der Waals surface area contributed by atoms with Crippen molar-refractivity contribution in [3.05, 3.63) is 0 Å². The molecular formula is C13H26N2. The van der Waals surface area contributed by atoms with E-state index in [9.17, 15) is 0 Å². The van der Waals surface area contributed by atoms with Gasteiger partial charge in [-0.05, 0) is 44.6 Å². The molecule has 2 rings (SSSR count).